The predicted octanol–water partition coefficient (Wildman–Crippen LogP) is 4.20. The molecule has 0 amide bonds. The molecule has 4 heteroatoms. The summed E-state index contributed by atoms with van der Waals surface area (Å²) in [5, 5.41) is 26.0. The number of hydrogen-bond donors (Lipinski definition) is 4. The first-order valence-corrected chi connectivity index (χ1v) is 10.8. The molecule has 0 radical (unpaired) electrons. The van der Waals surface area contributed by atoms with E-state index < -0.39 is 0 Å². The number of benzene rings is 3. The Hall–Kier alpha value is -2.82. The van der Waals surface area contributed by atoms with Gasteiger partial charge in [0.15, 0.2) is 11.5 Å². The molecule has 3 aromatic carbocycles. The van der Waals surface area contributed by atoms with Crippen LogP contribution in [0.25, 0.3) is 0 Å². The highest BCUT2D eigenvalue weighted by Crippen LogP contribution is 2.24. The van der Waals surface area contributed by atoms with Gasteiger partial charge in [-0.05, 0) is 79.7 Å². The topological polar surface area (TPSA) is 64.5 Å². The van der Waals surface area contributed by atoms with Crippen LogP contribution in [0.2, 0.25) is 0 Å². The number of phenolic OH excluding ortho intramolecular Hbond substituents is 2. The van der Waals surface area contributed by atoms with Crippen molar-refractivity contribution >= 4 is 0 Å². The summed E-state index contributed by atoms with van der Waals surface area (Å²) >= 11 is 0. The Morgan fingerprint density at radius 1 is 0.567 bits per heavy atom. The first-order valence-electron chi connectivity index (χ1n) is 10.8. The van der Waals surface area contributed by atoms with Gasteiger partial charge in [0, 0.05) is 6.54 Å². The van der Waals surface area contributed by atoms with Gasteiger partial charge in [0.05, 0.1) is 0 Å². The van der Waals surface area contributed by atoms with Crippen molar-refractivity contribution in [3.63, 3.8) is 0 Å². The van der Waals surface area contributed by atoms with E-state index in [1.165, 1.54) is 22.8 Å². The van der Waals surface area contributed by atoms with Gasteiger partial charge in [-0.25, -0.2) is 0 Å². The molecule has 4 nitrogen and oxygen atoms in total. The molecule has 0 aliphatic carbocycles. The summed E-state index contributed by atoms with van der Waals surface area (Å²) in [7, 11) is 0. The second-order valence-corrected chi connectivity index (χ2v) is 7.61. The van der Waals surface area contributed by atoms with Crippen molar-refractivity contribution in [3.05, 3.63) is 95.1 Å². The van der Waals surface area contributed by atoms with E-state index in [-0.39, 0.29) is 11.5 Å². The molecule has 158 valence electrons. The summed E-state index contributed by atoms with van der Waals surface area (Å²) in [5.74, 6) is -0.124. The zero-order chi connectivity index (χ0) is 21.0. The average molecular weight is 405 g/mol. The van der Waals surface area contributed by atoms with Gasteiger partial charge in [-0.3, -0.25) is 0 Å². The van der Waals surface area contributed by atoms with Crippen LogP contribution in [-0.4, -0.2) is 29.8 Å². The van der Waals surface area contributed by atoms with Crippen molar-refractivity contribution in [1.82, 2.24) is 10.6 Å². The summed E-state index contributed by atoms with van der Waals surface area (Å²) < 4.78 is 0. The van der Waals surface area contributed by atoms with Crippen molar-refractivity contribution in [2.45, 2.75) is 32.2 Å². The molecule has 4 N–H and O–H groups in total. The summed E-state index contributed by atoms with van der Waals surface area (Å²) in [5.41, 5.74) is 5.18. The smallest absolute Gasteiger partial charge is 0.157 e. The maximum Gasteiger partial charge on any atom is 0.157 e. The molecule has 0 saturated heterocycles. The van der Waals surface area contributed by atoms with Crippen LogP contribution >= 0.6 is 0 Å². The minimum atomic E-state index is -0.0695. The number of phenols is 2. The lowest BCUT2D eigenvalue weighted by Gasteiger charge is -2.11. The van der Waals surface area contributed by atoms with E-state index in [4.69, 9.17) is 0 Å². The lowest BCUT2D eigenvalue weighted by Crippen LogP contribution is -2.20. The minimum absolute atomic E-state index is 0.0542. The quantitative estimate of drug-likeness (QED) is 0.270. The molecule has 0 saturated carbocycles. The molecule has 0 spiro atoms. The fourth-order valence-electron chi connectivity index (χ4n) is 3.56. The maximum absolute atomic E-state index is 9.55. The van der Waals surface area contributed by atoms with Crippen LogP contribution in [0.3, 0.4) is 0 Å². The molecule has 0 aliphatic heterocycles. The molecule has 0 atom stereocenters. The van der Waals surface area contributed by atoms with Crippen LogP contribution in [0, 0.1) is 0 Å². The van der Waals surface area contributed by atoms with Crippen molar-refractivity contribution < 1.29 is 10.2 Å². The maximum atomic E-state index is 9.55. The average Bonchev–Trinajstić information content (AvgIpc) is 2.77. The van der Waals surface area contributed by atoms with Crippen molar-refractivity contribution in [1.29, 1.82) is 0 Å². The molecule has 0 aromatic heterocycles. The summed E-state index contributed by atoms with van der Waals surface area (Å²) in [6.45, 7) is 3.69. The Labute approximate surface area is 179 Å². The standard InChI is InChI=1S/C26H32N2O2/c29-25-13-12-22(19-26(25)30)15-17-27-16-6-11-23-9-4-5-10-24(23)20-28-18-14-21-7-2-1-3-8-21/h1-5,7-10,12-13,19,27-30H,6,11,14-18,20H2. The third-order valence-corrected chi connectivity index (χ3v) is 5.30. The SMILES string of the molecule is Oc1ccc(CCNCCCc2ccccc2CNCCc2ccccc2)cc1O. The zero-order valence-corrected chi connectivity index (χ0v) is 17.5. The highest BCUT2D eigenvalue weighted by atomic mass is 16.3. The fourth-order valence-corrected chi connectivity index (χ4v) is 3.56. The molecule has 0 unspecified atom stereocenters. The van der Waals surface area contributed by atoms with Gasteiger partial charge in [-0.15, -0.1) is 0 Å². The number of nitrogens with one attached hydrogen (secondary N) is 2. The third kappa shape index (κ3) is 7.21. The second kappa shape index (κ2) is 12.0. The Bertz CT molecular complexity index is 897. The molecular weight excluding hydrogens is 372 g/mol. The highest BCUT2D eigenvalue weighted by Gasteiger charge is 2.03. The van der Waals surface area contributed by atoms with Crippen LogP contribution in [0.1, 0.15) is 28.7 Å². The predicted molar refractivity (Wildman–Crippen MR) is 123 cm³/mol. The van der Waals surface area contributed by atoms with E-state index in [1.54, 1.807) is 6.07 Å². The lowest BCUT2D eigenvalue weighted by atomic mass is 10.0. The van der Waals surface area contributed by atoms with E-state index in [2.05, 4.69) is 65.2 Å². The monoisotopic (exact) mass is 404 g/mol. The Balaban J connectivity index is 1.33. The van der Waals surface area contributed by atoms with E-state index in [0.717, 1.165) is 57.4 Å². The molecule has 30 heavy (non-hydrogen) atoms. The highest BCUT2D eigenvalue weighted by molar-refractivity contribution is 5.40. The van der Waals surface area contributed by atoms with Gasteiger partial charge >= 0.3 is 0 Å². The van der Waals surface area contributed by atoms with Crippen LogP contribution in [0.15, 0.2) is 72.8 Å². The zero-order valence-electron chi connectivity index (χ0n) is 17.5. The van der Waals surface area contributed by atoms with Crippen LogP contribution < -0.4 is 10.6 Å². The van der Waals surface area contributed by atoms with Gasteiger partial charge < -0.3 is 20.8 Å². The Kier molecular flexibility index (Phi) is 8.76. The first kappa shape index (κ1) is 21.9. The van der Waals surface area contributed by atoms with E-state index in [0.29, 0.717) is 0 Å². The van der Waals surface area contributed by atoms with Gasteiger partial charge in [0.2, 0.25) is 0 Å². The lowest BCUT2D eigenvalue weighted by molar-refractivity contribution is 0.403. The fraction of sp³-hybridized carbons (Fsp3) is 0.308. The van der Waals surface area contributed by atoms with E-state index in [1.807, 2.05) is 6.07 Å². The van der Waals surface area contributed by atoms with Crippen molar-refractivity contribution in [3.8, 4) is 11.5 Å². The van der Waals surface area contributed by atoms with Crippen molar-refractivity contribution in [2.75, 3.05) is 19.6 Å². The Morgan fingerprint density at radius 3 is 2.07 bits per heavy atom. The normalized spacial score (nSPS) is 10.9. The van der Waals surface area contributed by atoms with Crippen LogP contribution in [0.5, 0.6) is 11.5 Å². The second-order valence-electron chi connectivity index (χ2n) is 7.61. The minimum Gasteiger partial charge on any atom is -0.504 e. The van der Waals surface area contributed by atoms with Crippen LogP contribution in [0.4, 0.5) is 0 Å². The van der Waals surface area contributed by atoms with Crippen LogP contribution in [-0.2, 0) is 25.8 Å². The first-order chi connectivity index (χ1) is 14.7. The Morgan fingerprint density at radius 2 is 1.27 bits per heavy atom. The molecular formula is C26H32N2O2. The number of aryl methyl sites for hydroxylation is 1. The summed E-state index contributed by atoms with van der Waals surface area (Å²) in [6.07, 6.45) is 4.02. The van der Waals surface area contributed by atoms with Gasteiger partial charge in [-0.1, -0.05) is 60.7 Å². The number of aromatic hydroxyl groups is 2. The number of rotatable bonds is 12. The number of hydrogen-bond acceptors (Lipinski definition) is 4. The molecule has 0 bridgehead atoms. The largest absolute Gasteiger partial charge is 0.504 e. The van der Waals surface area contributed by atoms with Gasteiger partial charge in [-0.2, -0.15) is 0 Å². The van der Waals surface area contributed by atoms with E-state index in [9.17, 15) is 10.2 Å². The van der Waals surface area contributed by atoms with Gasteiger partial charge in [0.1, 0.15) is 0 Å². The third-order valence-electron chi connectivity index (χ3n) is 5.30. The van der Waals surface area contributed by atoms with Gasteiger partial charge in [0.25, 0.3) is 0 Å². The molecule has 3 aromatic rings. The summed E-state index contributed by atoms with van der Waals surface area (Å²) in [6, 6.07) is 24.3. The molecule has 0 aliphatic rings. The molecule has 0 fully saturated rings. The molecule has 3 rings (SSSR count). The summed E-state index contributed by atoms with van der Waals surface area (Å²) in [4.78, 5) is 0. The van der Waals surface area contributed by atoms with Crippen molar-refractivity contribution in [2.24, 2.45) is 0 Å². The molecule has 0 heterocycles. The van der Waals surface area contributed by atoms with E-state index >= 15 is 0 Å².